The Morgan fingerprint density at radius 2 is 0.553 bits per heavy atom. The van der Waals surface area contributed by atoms with Crippen LogP contribution in [0.15, 0.2) is 0 Å². The average Bonchev–Trinajstić information content (AvgIpc) is 2.72. The van der Waals surface area contributed by atoms with Crippen LogP contribution in [0.5, 0.6) is 0 Å². The van der Waals surface area contributed by atoms with Gasteiger partial charge < -0.3 is 43.2 Å². The van der Waals surface area contributed by atoms with Crippen molar-refractivity contribution >= 4 is 84.8 Å². The third-order valence-electron chi connectivity index (χ3n) is 5.28. The topological polar surface area (TPSA) is 182 Å². The Morgan fingerprint density at radius 1 is 0.395 bits per heavy atom. The Balaban J connectivity index is -0.000000167. The summed E-state index contributed by atoms with van der Waals surface area (Å²) in [6, 6.07) is 0. The molecule has 9 nitrogen and oxygen atoms in total. The molecule has 216 valence electrons. The van der Waals surface area contributed by atoms with E-state index in [-0.39, 0.29) is 69.2 Å². The van der Waals surface area contributed by atoms with Crippen LogP contribution in [0.3, 0.4) is 0 Å². The van der Waals surface area contributed by atoms with Crippen LogP contribution in [0.25, 0.3) is 0 Å². The van der Waals surface area contributed by atoms with Gasteiger partial charge in [-0.15, -0.1) is 0 Å². The number of ether oxygens (including phenoxy) is 1. The standard InChI is InChI=1S/C24H50O.3Mg.2H3O4P/c1-3-5-7-9-11-13-15-17-19-21-23-25-24-22-20-18-16-14-12-10-8-6-4-2;;;;2*1-5(2,3)4/h3-24H2,1-2H3;;;;2*(H3,1,2,3,4)/q;3*+2;;/p-6. The molecule has 0 N–H and O–H groups in total. The van der Waals surface area contributed by atoms with Crippen LogP contribution in [-0.2, 0) is 13.9 Å². The zero-order valence-electron chi connectivity index (χ0n) is 24.2. The summed E-state index contributed by atoms with van der Waals surface area (Å²) in [5, 5.41) is 0. The first-order chi connectivity index (χ1) is 16.4. The van der Waals surface area contributed by atoms with Crippen molar-refractivity contribution in [2.45, 2.75) is 142 Å². The maximum absolute atomic E-state index is 8.55. The van der Waals surface area contributed by atoms with Crippen molar-refractivity contribution in [1.29, 1.82) is 0 Å². The average molecular weight is 618 g/mol. The van der Waals surface area contributed by atoms with Crippen molar-refractivity contribution in [2.24, 2.45) is 0 Å². The van der Waals surface area contributed by atoms with Gasteiger partial charge in [0, 0.05) is 13.2 Å². The third-order valence-corrected chi connectivity index (χ3v) is 5.28. The molecule has 0 unspecified atom stereocenters. The minimum absolute atomic E-state index is 0. The Bertz CT molecular complexity index is 438. The van der Waals surface area contributed by atoms with Crippen LogP contribution in [0.1, 0.15) is 142 Å². The van der Waals surface area contributed by atoms with Crippen molar-refractivity contribution < 1.29 is 43.2 Å². The second-order valence-electron chi connectivity index (χ2n) is 8.87. The van der Waals surface area contributed by atoms with E-state index >= 15 is 0 Å². The maximum atomic E-state index is 8.55. The van der Waals surface area contributed by atoms with E-state index in [1.165, 1.54) is 128 Å². The monoisotopic (exact) mass is 616 g/mol. The van der Waals surface area contributed by atoms with Gasteiger partial charge in [-0.3, -0.25) is 0 Å². The molecular formula is C24H50Mg3O9P2. The van der Waals surface area contributed by atoms with Crippen molar-refractivity contribution in [3.8, 4) is 0 Å². The fourth-order valence-electron chi connectivity index (χ4n) is 3.49. The molecule has 38 heavy (non-hydrogen) atoms. The molecule has 0 radical (unpaired) electrons. The van der Waals surface area contributed by atoms with E-state index in [2.05, 4.69) is 13.8 Å². The molecule has 0 aliphatic carbocycles. The molecular weight excluding hydrogens is 567 g/mol. The van der Waals surface area contributed by atoms with E-state index < -0.39 is 15.6 Å². The minimum Gasteiger partial charge on any atom is -0.822 e. The second-order valence-corrected chi connectivity index (χ2v) is 10.7. The Labute approximate surface area is 281 Å². The zero-order chi connectivity index (χ0) is 27.3. The van der Waals surface area contributed by atoms with Crippen LogP contribution in [0, 0.1) is 0 Å². The van der Waals surface area contributed by atoms with Crippen LogP contribution < -0.4 is 29.4 Å². The van der Waals surface area contributed by atoms with Crippen LogP contribution in [0.4, 0.5) is 0 Å². The summed E-state index contributed by atoms with van der Waals surface area (Å²) in [7, 11) is -10.8. The van der Waals surface area contributed by atoms with E-state index in [9.17, 15) is 0 Å². The predicted molar refractivity (Wildman–Crippen MR) is 147 cm³/mol. The van der Waals surface area contributed by atoms with Crippen molar-refractivity contribution in [1.82, 2.24) is 0 Å². The first kappa shape index (κ1) is 53.1. The maximum Gasteiger partial charge on any atom is 2.00 e. The van der Waals surface area contributed by atoms with Gasteiger partial charge in [0.15, 0.2) is 0 Å². The number of unbranched alkanes of at least 4 members (excludes halogenated alkanes) is 18. The zero-order valence-corrected chi connectivity index (χ0v) is 30.3. The molecule has 0 aromatic carbocycles. The molecule has 0 heterocycles. The number of hydrogen-bond donors (Lipinski definition) is 0. The fourth-order valence-corrected chi connectivity index (χ4v) is 3.49. The molecule has 0 aliphatic heterocycles. The van der Waals surface area contributed by atoms with E-state index in [1.54, 1.807) is 0 Å². The van der Waals surface area contributed by atoms with Crippen molar-refractivity contribution in [2.75, 3.05) is 13.2 Å². The summed E-state index contributed by atoms with van der Waals surface area (Å²) in [4.78, 5) is 51.3. The van der Waals surface area contributed by atoms with E-state index in [1.807, 2.05) is 0 Å². The smallest absolute Gasteiger partial charge is 0.822 e. The molecule has 14 heteroatoms. The molecule has 0 aliphatic rings. The van der Waals surface area contributed by atoms with Gasteiger partial charge >= 0.3 is 69.2 Å². The molecule has 0 saturated heterocycles. The summed E-state index contributed by atoms with van der Waals surface area (Å²) in [6.07, 6.45) is 28.2. The number of rotatable bonds is 22. The van der Waals surface area contributed by atoms with Gasteiger partial charge in [-0.25, -0.2) is 0 Å². The summed E-state index contributed by atoms with van der Waals surface area (Å²) < 4.78 is 22.9. The van der Waals surface area contributed by atoms with Gasteiger partial charge in [0.2, 0.25) is 0 Å². The molecule has 0 rings (SSSR count). The van der Waals surface area contributed by atoms with Crippen LogP contribution >= 0.6 is 15.6 Å². The molecule has 0 saturated carbocycles. The second kappa shape index (κ2) is 41.6. The van der Waals surface area contributed by atoms with E-state index in [4.69, 9.17) is 43.2 Å². The van der Waals surface area contributed by atoms with Crippen LogP contribution in [-0.4, -0.2) is 82.4 Å². The van der Waals surface area contributed by atoms with Gasteiger partial charge in [-0.2, -0.15) is 15.6 Å². The SMILES string of the molecule is CCCCCCCCCCCCOCCCCCCCCCCCC.O=P([O-])([O-])[O-].O=P([O-])([O-])[O-].[Mg+2].[Mg+2].[Mg+2]. The summed E-state index contributed by atoms with van der Waals surface area (Å²) in [5.41, 5.74) is 0. The molecule has 0 bridgehead atoms. The molecule has 0 fully saturated rings. The summed E-state index contributed by atoms with van der Waals surface area (Å²) in [6.45, 7) is 6.57. The van der Waals surface area contributed by atoms with Gasteiger partial charge in [-0.1, -0.05) is 129 Å². The Hall–Kier alpha value is 2.48. The normalized spacial score (nSPS) is 10.5. The molecule has 0 atom stereocenters. The third kappa shape index (κ3) is 90.2. The van der Waals surface area contributed by atoms with Gasteiger partial charge in [-0.05, 0) is 12.8 Å². The van der Waals surface area contributed by atoms with Gasteiger partial charge in [0.05, 0.1) is 0 Å². The first-order valence-electron chi connectivity index (χ1n) is 13.5. The van der Waals surface area contributed by atoms with Crippen molar-refractivity contribution in [3.05, 3.63) is 0 Å². The van der Waals surface area contributed by atoms with Crippen LogP contribution in [0.2, 0.25) is 0 Å². The molecule has 0 aromatic rings. The predicted octanol–water partition coefficient (Wildman–Crippen LogP) is 2.05. The van der Waals surface area contributed by atoms with E-state index in [0.717, 1.165) is 13.2 Å². The van der Waals surface area contributed by atoms with Gasteiger partial charge in [0.1, 0.15) is 0 Å². The Morgan fingerprint density at radius 3 is 0.737 bits per heavy atom. The number of phosphoric acid groups is 2. The number of hydrogen-bond acceptors (Lipinski definition) is 9. The van der Waals surface area contributed by atoms with E-state index in [0.29, 0.717) is 0 Å². The van der Waals surface area contributed by atoms with Crippen molar-refractivity contribution in [3.63, 3.8) is 0 Å². The molecule has 0 spiro atoms. The Kier molecular flexibility index (Phi) is 58.1. The first-order valence-corrected chi connectivity index (χ1v) is 16.4. The minimum atomic E-state index is -5.39. The largest absolute Gasteiger partial charge is 2.00 e. The summed E-state index contributed by atoms with van der Waals surface area (Å²) >= 11 is 0. The molecule has 0 amide bonds. The molecule has 0 aromatic heterocycles. The fraction of sp³-hybridized carbons (Fsp3) is 1.00. The summed E-state index contributed by atoms with van der Waals surface area (Å²) in [5.74, 6) is 0. The quantitative estimate of drug-likeness (QED) is 0.0997. The van der Waals surface area contributed by atoms with Gasteiger partial charge in [0.25, 0.3) is 0 Å².